The van der Waals surface area contributed by atoms with Gasteiger partial charge >= 0.3 is 0 Å². The predicted molar refractivity (Wildman–Crippen MR) is 54.0 cm³/mol. The fraction of sp³-hybridized carbons (Fsp3) is 0.200. The molecule has 0 aliphatic rings. The van der Waals surface area contributed by atoms with Gasteiger partial charge in [0, 0.05) is 16.0 Å². The average molecular weight is 241 g/mol. The maximum absolute atomic E-state index is 10.6. The maximum Gasteiger partial charge on any atom is 0.150 e. The lowest BCUT2D eigenvalue weighted by Gasteiger charge is -2.07. The summed E-state index contributed by atoms with van der Waals surface area (Å²) in [6.45, 7) is 1.77. The Morgan fingerprint density at radius 1 is 1.38 bits per heavy atom. The second kappa shape index (κ2) is 4.33. The SMILES string of the molecule is CC(C=O)c1cc(Br)ccc1C=O. The molecular weight excluding hydrogens is 232 g/mol. The van der Waals surface area contributed by atoms with E-state index in [0.717, 1.165) is 22.6 Å². The summed E-state index contributed by atoms with van der Waals surface area (Å²) in [7, 11) is 0. The van der Waals surface area contributed by atoms with E-state index >= 15 is 0 Å². The third kappa shape index (κ3) is 2.25. The van der Waals surface area contributed by atoms with Crippen LogP contribution in [0.25, 0.3) is 0 Å². The summed E-state index contributed by atoms with van der Waals surface area (Å²) < 4.78 is 0.877. The normalized spacial score (nSPS) is 12.2. The number of aldehydes is 2. The molecule has 0 fully saturated rings. The first-order chi connectivity index (χ1) is 6.19. The van der Waals surface area contributed by atoms with E-state index in [0.29, 0.717) is 5.56 Å². The molecule has 0 saturated heterocycles. The standard InChI is InChI=1S/C10H9BrO2/c1-7(5-12)10-4-9(11)3-2-8(10)6-13/h2-7H,1H3. The topological polar surface area (TPSA) is 34.1 Å². The van der Waals surface area contributed by atoms with Crippen molar-refractivity contribution in [3.63, 3.8) is 0 Å². The van der Waals surface area contributed by atoms with Gasteiger partial charge in [0.25, 0.3) is 0 Å². The van der Waals surface area contributed by atoms with Gasteiger partial charge in [-0.15, -0.1) is 0 Å². The smallest absolute Gasteiger partial charge is 0.150 e. The Kier molecular flexibility index (Phi) is 3.37. The van der Waals surface area contributed by atoms with E-state index in [2.05, 4.69) is 15.9 Å². The number of halogens is 1. The van der Waals surface area contributed by atoms with Crippen LogP contribution in [0.1, 0.15) is 28.8 Å². The van der Waals surface area contributed by atoms with Gasteiger partial charge in [0.05, 0.1) is 0 Å². The molecule has 0 N–H and O–H groups in total. The Hall–Kier alpha value is -0.960. The van der Waals surface area contributed by atoms with Gasteiger partial charge in [-0.3, -0.25) is 4.79 Å². The second-order valence-electron chi connectivity index (χ2n) is 2.82. The number of carbonyl (C=O) groups excluding carboxylic acids is 2. The number of hydrogen-bond donors (Lipinski definition) is 0. The van der Waals surface area contributed by atoms with Crippen LogP contribution in [-0.2, 0) is 4.79 Å². The molecule has 2 nitrogen and oxygen atoms in total. The van der Waals surface area contributed by atoms with Gasteiger partial charge in [-0.2, -0.15) is 0 Å². The fourth-order valence-corrected chi connectivity index (χ4v) is 1.50. The Balaban J connectivity index is 3.22. The molecule has 0 aliphatic heterocycles. The number of hydrogen-bond acceptors (Lipinski definition) is 2. The summed E-state index contributed by atoms with van der Waals surface area (Å²) in [4.78, 5) is 21.2. The minimum atomic E-state index is -0.238. The van der Waals surface area contributed by atoms with Crippen LogP contribution in [0, 0.1) is 0 Å². The summed E-state index contributed by atoms with van der Waals surface area (Å²) in [6.07, 6.45) is 1.59. The van der Waals surface area contributed by atoms with E-state index in [1.807, 2.05) is 0 Å². The molecule has 1 unspecified atom stereocenters. The fourth-order valence-electron chi connectivity index (χ4n) is 1.12. The highest BCUT2D eigenvalue weighted by atomic mass is 79.9. The van der Waals surface area contributed by atoms with Crippen LogP contribution in [0.3, 0.4) is 0 Å². The number of carbonyl (C=O) groups is 2. The quantitative estimate of drug-likeness (QED) is 0.762. The van der Waals surface area contributed by atoms with E-state index in [1.165, 1.54) is 0 Å². The highest BCUT2D eigenvalue weighted by molar-refractivity contribution is 9.10. The summed E-state index contributed by atoms with van der Waals surface area (Å²) in [5.41, 5.74) is 1.34. The summed E-state index contributed by atoms with van der Waals surface area (Å²) >= 11 is 3.29. The lowest BCUT2D eigenvalue weighted by atomic mass is 9.98. The van der Waals surface area contributed by atoms with Crippen LogP contribution in [0.4, 0.5) is 0 Å². The molecule has 0 aromatic heterocycles. The molecule has 0 saturated carbocycles. The van der Waals surface area contributed by atoms with Crippen molar-refractivity contribution in [2.24, 2.45) is 0 Å². The van der Waals surface area contributed by atoms with Gasteiger partial charge in [0.15, 0.2) is 0 Å². The molecule has 68 valence electrons. The Bertz CT molecular complexity index is 334. The van der Waals surface area contributed by atoms with Gasteiger partial charge in [-0.1, -0.05) is 28.9 Å². The molecule has 0 heterocycles. The molecule has 0 bridgehead atoms. The van der Waals surface area contributed by atoms with E-state index < -0.39 is 0 Å². The zero-order valence-corrected chi connectivity index (χ0v) is 8.74. The lowest BCUT2D eigenvalue weighted by Crippen LogP contribution is -1.99. The van der Waals surface area contributed by atoms with Crippen LogP contribution in [0.2, 0.25) is 0 Å². The Labute approximate surface area is 85.1 Å². The molecule has 1 atom stereocenters. The van der Waals surface area contributed by atoms with Crippen LogP contribution < -0.4 is 0 Å². The average Bonchev–Trinajstić information content (AvgIpc) is 2.16. The zero-order valence-electron chi connectivity index (χ0n) is 7.16. The molecule has 0 spiro atoms. The minimum absolute atomic E-state index is 0.238. The molecule has 0 radical (unpaired) electrons. The van der Waals surface area contributed by atoms with Crippen LogP contribution in [0.5, 0.6) is 0 Å². The largest absolute Gasteiger partial charge is 0.303 e. The van der Waals surface area contributed by atoms with Gasteiger partial charge in [-0.05, 0) is 17.7 Å². The van der Waals surface area contributed by atoms with E-state index in [4.69, 9.17) is 0 Å². The first-order valence-corrected chi connectivity index (χ1v) is 4.68. The van der Waals surface area contributed by atoms with Crippen molar-refractivity contribution in [2.45, 2.75) is 12.8 Å². The first kappa shape index (κ1) is 10.1. The van der Waals surface area contributed by atoms with E-state index in [9.17, 15) is 9.59 Å². The minimum Gasteiger partial charge on any atom is -0.303 e. The molecule has 13 heavy (non-hydrogen) atoms. The van der Waals surface area contributed by atoms with E-state index in [1.54, 1.807) is 25.1 Å². The van der Waals surface area contributed by atoms with Crippen molar-refractivity contribution >= 4 is 28.5 Å². The highest BCUT2D eigenvalue weighted by Gasteiger charge is 2.09. The molecular formula is C10H9BrO2. The maximum atomic E-state index is 10.6. The van der Waals surface area contributed by atoms with Gasteiger partial charge in [-0.25, -0.2) is 0 Å². The van der Waals surface area contributed by atoms with Crippen molar-refractivity contribution in [1.29, 1.82) is 0 Å². The second-order valence-corrected chi connectivity index (χ2v) is 3.73. The first-order valence-electron chi connectivity index (χ1n) is 3.89. The third-order valence-corrected chi connectivity index (χ3v) is 2.36. The highest BCUT2D eigenvalue weighted by Crippen LogP contribution is 2.21. The predicted octanol–water partition coefficient (Wildman–Crippen LogP) is 2.56. The summed E-state index contributed by atoms with van der Waals surface area (Å²) in [5, 5.41) is 0. The molecule has 1 aromatic carbocycles. The van der Waals surface area contributed by atoms with Crippen LogP contribution >= 0.6 is 15.9 Å². The summed E-state index contributed by atoms with van der Waals surface area (Å²) in [5.74, 6) is -0.238. The van der Waals surface area contributed by atoms with Crippen LogP contribution in [0.15, 0.2) is 22.7 Å². The summed E-state index contributed by atoms with van der Waals surface area (Å²) in [6, 6.07) is 5.28. The van der Waals surface area contributed by atoms with Crippen molar-refractivity contribution in [3.8, 4) is 0 Å². The van der Waals surface area contributed by atoms with Crippen LogP contribution in [-0.4, -0.2) is 12.6 Å². The Morgan fingerprint density at radius 2 is 2.08 bits per heavy atom. The van der Waals surface area contributed by atoms with Crippen molar-refractivity contribution in [2.75, 3.05) is 0 Å². The van der Waals surface area contributed by atoms with Crippen molar-refractivity contribution in [1.82, 2.24) is 0 Å². The zero-order chi connectivity index (χ0) is 9.84. The number of benzene rings is 1. The molecule has 1 aromatic rings. The molecule has 3 heteroatoms. The van der Waals surface area contributed by atoms with E-state index in [-0.39, 0.29) is 5.92 Å². The third-order valence-electron chi connectivity index (χ3n) is 1.87. The number of rotatable bonds is 3. The van der Waals surface area contributed by atoms with Gasteiger partial charge < -0.3 is 4.79 Å². The monoisotopic (exact) mass is 240 g/mol. The molecule has 0 aliphatic carbocycles. The Morgan fingerprint density at radius 3 is 2.62 bits per heavy atom. The molecule has 0 amide bonds. The van der Waals surface area contributed by atoms with Crippen molar-refractivity contribution < 1.29 is 9.59 Å². The molecule has 1 rings (SSSR count). The lowest BCUT2D eigenvalue weighted by molar-refractivity contribution is -0.108. The van der Waals surface area contributed by atoms with Gasteiger partial charge in [0.2, 0.25) is 0 Å². The van der Waals surface area contributed by atoms with Crippen molar-refractivity contribution in [3.05, 3.63) is 33.8 Å². The van der Waals surface area contributed by atoms with Gasteiger partial charge in [0.1, 0.15) is 12.6 Å².